The van der Waals surface area contributed by atoms with Gasteiger partial charge >= 0.3 is 0 Å². The largest absolute Gasteiger partial charge is 0.397 e. The van der Waals surface area contributed by atoms with Crippen molar-refractivity contribution in [1.29, 1.82) is 0 Å². The third-order valence-corrected chi connectivity index (χ3v) is 3.39. The van der Waals surface area contributed by atoms with Crippen molar-refractivity contribution in [3.8, 4) is 0 Å². The molecule has 0 fully saturated rings. The highest BCUT2D eigenvalue weighted by Crippen LogP contribution is 2.27. The Morgan fingerprint density at radius 3 is 2.61 bits per heavy atom. The average molecular weight is 262 g/mol. The van der Waals surface area contributed by atoms with Crippen LogP contribution in [0.1, 0.15) is 12.5 Å². The van der Waals surface area contributed by atoms with Crippen molar-refractivity contribution < 1.29 is 0 Å². The van der Waals surface area contributed by atoms with E-state index < -0.39 is 0 Å². The third-order valence-electron chi connectivity index (χ3n) is 3.02. The van der Waals surface area contributed by atoms with E-state index in [1.54, 1.807) is 0 Å². The summed E-state index contributed by atoms with van der Waals surface area (Å²) in [7, 11) is 0. The van der Waals surface area contributed by atoms with Crippen molar-refractivity contribution in [2.24, 2.45) is 11.5 Å². The van der Waals surface area contributed by atoms with Gasteiger partial charge in [0.05, 0.1) is 17.1 Å². The smallest absolute Gasteiger partial charge is 0.0783 e. The monoisotopic (exact) mass is 261 g/mol. The highest BCUT2D eigenvalue weighted by atomic mass is 35.5. The fourth-order valence-corrected chi connectivity index (χ4v) is 2.12. The summed E-state index contributed by atoms with van der Waals surface area (Å²) in [6.45, 7) is 6.59. The van der Waals surface area contributed by atoms with Gasteiger partial charge in [0.2, 0.25) is 0 Å². The molecule has 0 amide bonds. The van der Waals surface area contributed by atoms with Gasteiger partial charge in [-0.3, -0.25) is 0 Å². The number of rotatable bonds is 2. The lowest BCUT2D eigenvalue weighted by Crippen LogP contribution is -2.29. The maximum Gasteiger partial charge on any atom is 0.0783 e. The van der Waals surface area contributed by atoms with E-state index in [1.807, 2.05) is 42.2 Å². The topological polar surface area (TPSA) is 55.3 Å². The van der Waals surface area contributed by atoms with Crippen LogP contribution in [0, 0.1) is 0 Å². The molecule has 0 atom stereocenters. The summed E-state index contributed by atoms with van der Waals surface area (Å²) in [5.74, 6) is 0. The minimum Gasteiger partial charge on any atom is -0.397 e. The van der Waals surface area contributed by atoms with Crippen molar-refractivity contribution in [3.05, 3.63) is 70.3 Å². The number of benzene rings is 1. The van der Waals surface area contributed by atoms with E-state index in [4.69, 9.17) is 23.1 Å². The zero-order valence-electron chi connectivity index (χ0n) is 10.3. The van der Waals surface area contributed by atoms with Gasteiger partial charge in [0.25, 0.3) is 0 Å². The lowest BCUT2D eigenvalue weighted by Gasteiger charge is -2.31. The minimum atomic E-state index is 0.521. The normalized spacial score (nSPS) is 16.0. The quantitative estimate of drug-likeness (QED) is 0.861. The van der Waals surface area contributed by atoms with Crippen molar-refractivity contribution >= 4 is 11.6 Å². The van der Waals surface area contributed by atoms with E-state index >= 15 is 0 Å². The molecule has 1 aromatic rings. The Bertz CT molecular complexity index is 556. The van der Waals surface area contributed by atoms with Crippen molar-refractivity contribution in [3.63, 3.8) is 0 Å². The molecular formula is C14H16ClN3. The Morgan fingerprint density at radius 2 is 1.94 bits per heavy atom. The third kappa shape index (κ3) is 2.22. The highest BCUT2D eigenvalue weighted by molar-refractivity contribution is 6.31. The zero-order valence-corrected chi connectivity index (χ0v) is 11.0. The molecule has 2 rings (SSSR count). The molecular weight excluding hydrogens is 246 g/mol. The first-order chi connectivity index (χ1) is 8.50. The molecule has 4 heteroatoms. The predicted molar refractivity (Wildman–Crippen MR) is 75.3 cm³/mol. The summed E-state index contributed by atoms with van der Waals surface area (Å²) in [6, 6.07) is 7.73. The molecule has 3 nitrogen and oxygen atoms in total. The molecule has 94 valence electrons. The number of halogens is 1. The standard InChI is InChI=1S/C14H16ClN3/c1-9-7-13(16)14(17)10(2)18(9)8-11-5-3-4-6-12(11)15/h3-7H,2,8,16-17H2,1H3. The highest BCUT2D eigenvalue weighted by Gasteiger charge is 2.19. The van der Waals surface area contributed by atoms with E-state index in [-0.39, 0.29) is 0 Å². The zero-order chi connectivity index (χ0) is 13.3. The summed E-state index contributed by atoms with van der Waals surface area (Å²) in [5, 5.41) is 0.735. The fraction of sp³-hybridized carbons (Fsp3) is 0.143. The molecule has 0 spiro atoms. The molecule has 18 heavy (non-hydrogen) atoms. The predicted octanol–water partition coefficient (Wildman–Crippen LogP) is 2.70. The molecule has 0 radical (unpaired) electrons. The number of nitrogens with zero attached hydrogens (tertiary/aromatic N) is 1. The summed E-state index contributed by atoms with van der Waals surface area (Å²) < 4.78 is 0. The number of hydrogen-bond acceptors (Lipinski definition) is 3. The van der Waals surface area contributed by atoms with Crippen LogP contribution in [0.3, 0.4) is 0 Å². The van der Waals surface area contributed by atoms with Crippen LogP contribution in [-0.2, 0) is 6.54 Å². The van der Waals surface area contributed by atoms with Gasteiger partial charge in [-0.2, -0.15) is 0 Å². The van der Waals surface area contributed by atoms with Crippen LogP contribution in [0.4, 0.5) is 0 Å². The van der Waals surface area contributed by atoms with Crippen LogP contribution in [0.15, 0.2) is 59.7 Å². The lowest BCUT2D eigenvalue weighted by atomic mass is 10.1. The molecule has 1 heterocycles. The van der Waals surface area contributed by atoms with Gasteiger partial charge in [-0.15, -0.1) is 0 Å². The van der Waals surface area contributed by atoms with Crippen LogP contribution < -0.4 is 11.5 Å². The number of nitrogens with two attached hydrogens (primary N) is 2. The maximum atomic E-state index is 6.16. The molecule has 1 aliphatic heterocycles. The van der Waals surface area contributed by atoms with Crippen LogP contribution in [0.25, 0.3) is 0 Å². The van der Waals surface area contributed by atoms with Gasteiger partial charge in [-0.25, -0.2) is 0 Å². The first-order valence-corrected chi connectivity index (χ1v) is 6.02. The Hall–Kier alpha value is -1.87. The molecule has 1 aliphatic rings. The molecule has 1 aromatic carbocycles. The average Bonchev–Trinajstić information content (AvgIpc) is 2.34. The number of hydrogen-bond donors (Lipinski definition) is 2. The van der Waals surface area contributed by atoms with Gasteiger partial charge in [0, 0.05) is 17.3 Å². The van der Waals surface area contributed by atoms with Crippen LogP contribution >= 0.6 is 11.6 Å². The maximum absolute atomic E-state index is 6.16. The first-order valence-electron chi connectivity index (χ1n) is 5.64. The Labute approximate surface area is 112 Å². The van der Waals surface area contributed by atoms with Gasteiger partial charge in [0.1, 0.15) is 0 Å². The Kier molecular flexibility index (Phi) is 3.34. The van der Waals surface area contributed by atoms with E-state index in [9.17, 15) is 0 Å². The summed E-state index contributed by atoms with van der Waals surface area (Å²) >= 11 is 6.16. The number of allylic oxidation sites excluding steroid dienone is 2. The van der Waals surface area contributed by atoms with Crippen molar-refractivity contribution in [2.45, 2.75) is 13.5 Å². The lowest BCUT2D eigenvalue weighted by molar-refractivity contribution is 0.422. The SMILES string of the molecule is C=C1C(N)=C(N)C=C(C)N1Cc1ccccc1Cl. The van der Waals surface area contributed by atoms with E-state index in [1.165, 1.54) is 0 Å². The molecule has 4 N–H and O–H groups in total. The minimum absolute atomic E-state index is 0.521. The molecule has 0 unspecified atom stereocenters. The van der Waals surface area contributed by atoms with Crippen LogP contribution in [0.5, 0.6) is 0 Å². The molecule has 0 bridgehead atoms. The second-order valence-electron chi connectivity index (χ2n) is 4.28. The molecule has 0 saturated carbocycles. The Morgan fingerprint density at radius 1 is 1.28 bits per heavy atom. The van der Waals surface area contributed by atoms with Gasteiger partial charge in [-0.05, 0) is 24.6 Å². The second kappa shape index (κ2) is 4.78. The van der Waals surface area contributed by atoms with E-state index in [0.29, 0.717) is 23.6 Å². The molecule has 0 aromatic heterocycles. The summed E-state index contributed by atoms with van der Waals surface area (Å²) in [5.41, 5.74) is 15.5. The Balaban J connectivity index is 2.29. The summed E-state index contributed by atoms with van der Waals surface area (Å²) in [4.78, 5) is 2.01. The van der Waals surface area contributed by atoms with Gasteiger partial charge in [-0.1, -0.05) is 36.4 Å². The first kappa shape index (κ1) is 12.6. The fourth-order valence-electron chi connectivity index (χ4n) is 1.92. The van der Waals surface area contributed by atoms with Gasteiger partial charge < -0.3 is 16.4 Å². The summed E-state index contributed by atoms with van der Waals surface area (Å²) in [6.07, 6.45) is 1.85. The van der Waals surface area contributed by atoms with Crippen LogP contribution in [-0.4, -0.2) is 4.90 Å². The van der Waals surface area contributed by atoms with Crippen LogP contribution in [0.2, 0.25) is 5.02 Å². The molecule has 0 saturated heterocycles. The van der Waals surface area contributed by atoms with E-state index in [0.717, 1.165) is 16.3 Å². The van der Waals surface area contributed by atoms with Crippen molar-refractivity contribution in [1.82, 2.24) is 4.90 Å². The second-order valence-corrected chi connectivity index (χ2v) is 4.69. The van der Waals surface area contributed by atoms with Gasteiger partial charge in [0.15, 0.2) is 0 Å². The van der Waals surface area contributed by atoms with E-state index in [2.05, 4.69) is 6.58 Å². The van der Waals surface area contributed by atoms with Crippen molar-refractivity contribution in [2.75, 3.05) is 0 Å². The molecule has 0 aliphatic carbocycles.